The molecule has 0 radical (unpaired) electrons. The van der Waals surface area contributed by atoms with E-state index in [0.717, 1.165) is 0 Å². The molecule has 0 amide bonds. The molecule has 0 bridgehead atoms. The van der Waals surface area contributed by atoms with Gasteiger partial charge in [-0.3, -0.25) is 6.58 Å². The minimum Gasteiger partial charge on any atom is -0.293 e. The van der Waals surface area contributed by atoms with Crippen LogP contribution in [0.15, 0.2) is 18.2 Å². The van der Waals surface area contributed by atoms with Crippen molar-refractivity contribution in [1.82, 2.24) is 0 Å². The second-order valence-corrected chi connectivity index (χ2v) is 0.681. The summed E-state index contributed by atoms with van der Waals surface area (Å²) in [5, 5.41) is 7.78. The van der Waals surface area contributed by atoms with Crippen LogP contribution in [0.5, 0.6) is 0 Å². The molecule has 0 rings (SSSR count). The van der Waals surface area contributed by atoms with Crippen molar-refractivity contribution in [3.8, 4) is 6.07 Å². The SMILES string of the molecule is [CH-]=C/C=C/C#N.[Li+]. The first-order chi connectivity index (χ1) is 2.91. The van der Waals surface area contributed by atoms with Gasteiger partial charge in [-0.25, -0.2) is 12.2 Å². The number of nitriles is 1. The van der Waals surface area contributed by atoms with Gasteiger partial charge in [0, 0.05) is 0 Å². The van der Waals surface area contributed by atoms with Crippen molar-refractivity contribution in [2.75, 3.05) is 0 Å². The minimum absolute atomic E-state index is 0. The fraction of sp³-hybridized carbons (Fsp3) is 0. The molecule has 0 heterocycles. The van der Waals surface area contributed by atoms with Gasteiger partial charge in [0.15, 0.2) is 0 Å². The summed E-state index contributed by atoms with van der Waals surface area (Å²) in [4.78, 5) is 0. The van der Waals surface area contributed by atoms with E-state index in [1.165, 1.54) is 18.2 Å². The van der Waals surface area contributed by atoms with Crippen LogP contribution in [0.4, 0.5) is 0 Å². The van der Waals surface area contributed by atoms with Crippen LogP contribution in [0.3, 0.4) is 0 Å². The molecule has 0 aliphatic carbocycles. The molecule has 0 fully saturated rings. The van der Waals surface area contributed by atoms with Gasteiger partial charge in [-0.05, 0) is 0 Å². The molecule has 0 saturated heterocycles. The van der Waals surface area contributed by atoms with Gasteiger partial charge in [0.1, 0.15) is 0 Å². The summed E-state index contributed by atoms with van der Waals surface area (Å²) in [6.07, 6.45) is 4.09. The van der Waals surface area contributed by atoms with E-state index in [-0.39, 0.29) is 18.9 Å². The molecule has 0 N–H and O–H groups in total. The van der Waals surface area contributed by atoms with E-state index >= 15 is 0 Å². The molecule has 1 nitrogen and oxygen atoms in total. The van der Waals surface area contributed by atoms with Crippen LogP contribution < -0.4 is 18.9 Å². The quantitative estimate of drug-likeness (QED) is 0.157. The average molecular weight is 85.0 g/mol. The molecule has 0 aromatic heterocycles. The van der Waals surface area contributed by atoms with E-state index in [0.29, 0.717) is 0 Å². The van der Waals surface area contributed by atoms with Gasteiger partial charge in [-0.2, -0.15) is 5.26 Å². The molecular weight excluding hydrogens is 81.0 g/mol. The first kappa shape index (κ1) is 9.76. The Balaban J connectivity index is 0. The Labute approximate surface area is 55.5 Å². The largest absolute Gasteiger partial charge is 1.00 e. The first-order valence-electron chi connectivity index (χ1n) is 1.51. The second-order valence-electron chi connectivity index (χ2n) is 0.681. The average Bonchev–Trinajstić information content (AvgIpc) is 1.61. The van der Waals surface area contributed by atoms with Crippen molar-refractivity contribution >= 4 is 0 Å². The van der Waals surface area contributed by atoms with E-state index in [9.17, 15) is 0 Å². The molecular formula is C5H4LiN. The summed E-state index contributed by atoms with van der Waals surface area (Å²) in [5.41, 5.74) is 0. The van der Waals surface area contributed by atoms with Gasteiger partial charge >= 0.3 is 18.9 Å². The summed E-state index contributed by atoms with van der Waals surface area (Å²) in [6, 6.07) is 1.78. The van der Waals surface area contributed by atoms with Gasteiger partial charge in [-0.1, -0.05) is 6.08 Å². The minimum atomic E-state index is 0. The van der Waals surface area contributed by atoms with Crippen LogP contribution >= 0.6 is 0 Å². The normalized spacial score (nSPS) is 6.71. The van der Waals surface area contributed by atoms with Gasteiger partial charge < -0.3 is 0 Å². The van der Waals surface area contributed by atoms with Gasteiger partial charge in [-0.15, -0.1) is 0 Å². The monoisotopic (exact) mass is 85.1 g/mol. The molecule has 0 aliphatic rings. The predicted molar refractivity (Wildman–Crippen MR) is 23.6 cm³/mol. The zero-order valence-corrected chi connectivity index (χ0v) is 4.26. The Morgan fingerprint density at radius 2 is 2.14 bits per heavy atom. The van der Waals surface area contributed by atoms with E-state index in [1.807, 2.05) is 0 Å². The maximum Gasteiger partial charge on any atom is 1.00 e. The standard InChI is InChI=1S/C5H4N.Li/c1-2-3-4-5-6;/h1-4H;/q-1;+1/b4-3+;. The smallest absolute Gasteiger partial charge is 0.293 e. The molecule has 2 heteroatoms. The fourth-order valence-electron chi connectivity index (χ4n) is 0.0986. The van der Waals surface area contributed by atoms with Gasteiger partial charge in [0.2, 0.25) is 0 Å². The van der Waals surface area contributed by atoms with Crippen LogP contribution in [0.2, 0.25) is 0 Å². The molecule has 30 valence electrons. The molecule has 0 atom stereocenters. The van der Waals surface area contributed by atoms with Crippen LogP contribution in [0.1, 0.15) is 0 Å². The van der Waals surface area contributed by atoms with Crippen molar-refractivity contribution in [3.05, 3.63) is 24.8 Å². The predicted octanol–water partition coefficient (Wildman–Crippen LogP) is -1.94. The summed E-state index contributed by atoms with van der Waals surface area (Å²) >= 11 is 0. The number of hydrogen-bond donors (Lipinski definition) is 0. The third-order valence-corrected chi connectivity index (χ3v) is 0.282. The number of nitrogens with zero attached hydrogens (tertiary/aromatic N) is 1. The number of rotatable bonds is 1. The summed E-state index contributed by atoms with van der Waals surface area (Å²) in [7, 11) is 0. The third-order valence-electron chi connectivity index (χ3n) is 0.282. The molecule has 0 aliphatic heterocycles. The molecule has 0 unspecified atom stereocenters. The Morgan fingerprint density at radius 3 is 2.29 bits per heavy atom. The number of allylic oxidation sites excluding steroid dienone is 3. The van der Waals surface area contributed by atoms with Crippen LogP contribution in [0, 0.1) is 17.9 Å². The zero-order chi connectivity index (χ0) is 4.83. The van der Waals surface area contributed by atoms with Crippen LogP contribution in [0.25, 0.3) is 0 Å². The first-order valence-corrected chi connectivity index (χ1v) is 1.51. The third kappa shape index (κ3) is 10.7. The maximum absolute atomic E-state index is 7.78. The fourth-order valence-corrected chi connectivity index (χ4v) is 0.0986. The number of hydrogen-bond acceptors (Lipinski definition) is 1. The van der Waals surface area contributed by atoms with Gasteiger partial charge in [0.05, 0.1) is 6.07 Å². The van der Waals surface area contributed by atoms with E-state index in [4.69, 9.17) is 11.8 Å². The summed E-state index contributed by atoms with van der Waals surface area (Å²) in [5.74, 6) is 0. The Bertz CT molecular complexity index is 99.1. The second kappa shape index (κ2) is 9.13. The molecule has 0 aromatic rings. The van der Waals surface area contributed by atoms with Crippen LogP contribution in [-0.4, -0.2) is 0 Å². The van der Waals surface area contributed by atoms with Crippen molar-refractivity contribution in [2.45, 2.75) is 0 Å². The van der Waals surface area contributed by atoms with Gasteiger partial charge in [0.25, 0.3) is 0 Å². The summed E-state index contributed by atoms with van der Waals surface area (Å²) < 4.78 is 0. The van der Waals surface area contributed by atoms with Crippen molar-refractivity contribution in [2.24, 2.45) is 0 Å². The Kier molecular flexibility index (Phi) is 12.7. The maximum atomic E-state index is 7.78. The van der Waals surface area contributed by atoms with E-state index in [1.54, 1.807) is 6.07 Å². The Hall–Kier alpha value is -0.433. The van der Waals surface area contributed by atoms with Crippen molar-refractivity contribution < 1.29 is 18.9 Å². The Morgan fingerprint density at radius 1 is 1.57 bits per heavy atom. The summed E-state index contributed by atoms with van der Waals surface area (Å²) in [6.45, 7) is 4.85. The van der Waals surface area contributed by atoms with Crippen LogP contribution in [-0.2, 0) is 0 Å². The molecule has 0 aromatic carbocycles. The molecule has 0 saturated carbocycles. The van der Waals surface area contributed by atoms with E-state index < -0.39 is 0 Å². The van der Waals surface area contributed by atoms with Crippen molar-refractivity contribution in [3.63, 3.8) is 0 Å². The topological polar surface area (TPSA) is 23.8 Å². The van der Waals surface area contributed by atoms with E-state index in [2.05, 4.69) is 0 Å². The molecule has 0 spiro atoms. The van der Waals surface area contributed by atoms with Crippen molar-refractivity contribution in [1.29, 1.82) is 5.26 Å². The molecule has 7 heavy (non-hydrogen) atoms. The zero-order valence-electron chi connectivity index (χ0n) is 4.26.